The molecule has 2 nitrogen and oxygen atoms in total. The van der Waals surface area contributed by atoms with Crippen LogP contribution in [0.1, 0.15) is 38.8 Å². The van der Waals surface area contributed by atoms with Gasteiger partial charge in [0, 0.05) is 12.6 Å². The van der Waals surface area contributed by atoms with Gasteiger partial charge in [-0.2, -0.15) is 0 Å². The van der Waals surface area contributed by atoms with Crippen molar-refractivity contribution in [3.05, 3.63) is 47.5 Å². The molecule has 92 valence electrons. The van der Waals surface area contributed by atoms with Crippen molar-refractivity contribution in [2.75, 3.05) is 7.05 Å². The summed E-state index contributed by atoms with van der Waals surface area (Å²) in [7, 11) is 1.85. The lowest BCUT2D eigenvalue weighted by Crippen LogP contribution is -2.30. The summed E-state index contributed by atoms with van der Waals surface area (Å²) >= 11 is 0. The third-order valence-electron chi connectivity index (χ3n) is 3.03. The molecule has 0 aliphatic heterocycles. The molecule has 0 radical (unpaired) electrons. The first kappa shape index (κ1) is 13.5. The van der Waals surface area contributed by atoms with Crippen LogP contribution in [0.4, 0.5) is 0 Å². The van der Waals surface area contributed by atoms with Crippen LogP contribution >= 0.6 is 0 Å². The molecule has 0 bridgehead atoms. The SMILES string of the molecule is CCC=C(C)C(=O)N(C)C(C)c1ccccc1. The molecule has 1 aromatic rings. The van der Waals surface area contributed by atoms with E-state index in [1.165, 1.54) is 0 Å². The Bertz CT molecular complexity index is 395. The number of nitrogens with zero attached hydrogens (tertiary/aromatic N) is 1. The topological polar surface area (TPSA) is 20.3 Å². The molecule has 1 rings (SSSR count). The minimum atomic E-state index is 0.100. The monoisotopic (exact) mass is 231 g/mol. The first-order valence-corrected chi connectivity index (χ1v) is 6.06. The Morgan fingerprint density at radius 2 is 1.94 bits per heavy atom. The second-order valence-electron chi connectivity index (χ2n) is 4.30. The Labute approximate surface area is 104 Å². The molecule has 1 aromatic carbocycles. The van der Waals surface area contributed by atoms with Crippen molar-refractivity contribution in [2.24, 2.45) is 0 Å². The van der Waals surface area contributed by atoms with Crippen molar-refractivity contribution in [3.8, 4) is 0 Å². The third-order valence-corrected chi connectivity index (χ3v) is 3.03. The van der Waals surface area contributed by atoms with Crippen LogP contribution in [0.15, 0.2) is 42.0 Å². The van der Waals surface area contributed by atoms with Gasteiger partial charge in [-0.1, -0.05) is 43.3 Å². The highest BCUT2D eigenvalue weighted by Gasteiger charge is 2.17. The van der Waals surface area contributed by atoms with Crippen molar-refractivity contribution in [1.82, 2.24) is 4.90 Å². The highest BCUT2D eigenvalue weighted by Crippen LogP contribution is 2.19. The van der Waals surface area contributed by atoms with Gasteiger partial charge in [-0.25, -0.2) is 0 Å². The fraction of sp³-hybridized carbons (Fsp3) is 0.400. The maximum atomic E-state index is 12.1. The molecule has 1 unspecified atom stereocenters. The third kappa shape index (κ3) is 3.45. The molecule has 0 aromatic heterocycles. The van der Waals surface area contributed by atoms with Crippen LogP contribution in [0.25, 0.3) is 0 Å². The van der Waals surface area contributed by atoms with Crippen LogP contribution < -0.4 is 0 Å². The molecule has 0 heterocycles. The summed E-state index contributed by atoms with van der Waals surface area (Å²) in [4.78, 5) is 13.9. The minimum absolute atomic E-state index is 0.100. The largest absolute Gasteiger partial charge is 0.335 e. The predicted molar refractivity (Wildman–Crippen MR) is 71.7 cm³/mol. The number of carbonyl (C=O) groups excluding carboxylic acids is 1. The van der Waals surface area contributed by atoms with Gasteiger partial charge < -0.3 is 4.90 Å². The number of hydrogen-bond acceptors (Lipinski definition) is 1. The van der Waals surface area contributed by atoms with Crippen LogP contribution in [0.3, 0.4) is 0 Å². The summed E-state index contributed by atoms with van der Waals surface area (Å²) in [5.41, 5.74) is 1.98. The van der Waals surface area contributed by atoms with Crippen molar-refractivity contribution < 1.29 is 4.79 Å². The van der Waals surface area contributed by atoms with Gasteiger partial charge >= 0.3 is 0 Å². The van der Waals surface area contributed by atoms with Gasteiger partial charge in [0.2, 0.25) is 5.91 Å². The fourth-order valence-corrected chi connectivity index (χ4v) is 1.80. The van der Waals surface area contributed by atoms with Gasteiger partial charge in [0.1, 0.15) is 0 Å². The second kappa shape index (κ2) is 6.24. The molecular weight excluding hydrogens is 210 g/mol. The highest BCUT2D eigenvalue weighted by molar-refractivity contribution is 5.92. The van der Waals surface area contributed by atoms with Gasteiger partial charge in [-0.15, -0.1) is 0 Å². The zero-order valence-electron chi connectivity index (χ0n) is 11.1. The smallest absolute Gasteiger partial charge is 0.249 e. The Kier molecular flexibility index (Phi) is 4.95. The summed E-state index contributed by atoms with van der Waals surface area (Å²) in [6.07, 6.45) is 2.86. The lowest BCUT2D eigenvalue weighted by Gasteiger charge is -2.25. The van der Waals surface area contributed by atoms with Crippen LogP contribution in [0, 0.1) is 0 Å². The quantitative estimate of drug-likeness (QED) is 0.725. The van der Waals surface area contributed by atoms with Crippen LogP contribution in [-0.4, -0.2) is 17.9 Å². The van der Waals surface area contributed by atoms with E-state index in [2.05, 4.69) is 0 Å². The van der Waals surface area contributed by atoms with Gasteiger partial charge in [0.15, 0.2) is 0 Å². The minimum Gasteiger partial charge on any atom is -0.335 e. The molecular formula is C15H21NO. The van der Waals surface area contributed by atoms with Crippen molar-refractivity contribution in [1.29, 1.82) is 0 Å². The van der Waals surface area contributed by atoms with Gasteiger partial charge in [-0.3, -0.25) is 4.79 Å². The molecule has 0 saturated heterocycles. The summed E-state index contributed by atoms with van der Waals surface area (Å²) in [5, 5.41) is 0. The van der Waals surface area contributed by atoms with E-state index in [1.54, 1.807) is 4.90 Å². The molecule has 1 atom stereocenters. The average Bonchev–Trinajstić information content (AvgIpc) is 2.37. The molecule has 2 heteroatoms. The van der Waals surface area contributed by atoms with Crippen LogP contribution in [-0.2, 0) is 4.79 Å². The van der Waals surface area contributed by atoms with E-state index in [-0.39, 0.29) is 11.9 Å². The number of amides is 1. The van der Waals surface area contributed by atoms with Crippen molar-refractivity contribution in [2.45, 2.75) is 33.2 Å². The number of benzene rings is 1. The number of carbonyl (C=O) groups is 1. The zero-order valence-corrected chi connectivity index (χ0v) is 11.1. The molecule has 1 amide bonds. The summed E-state index contributed by atoms with van der Waals surface area (Å²) in [5.74, 6) is 0.100. The van der Waals surface area contributed by atoms with E-state index in [0.717, 1.165) is 17.6 Å². The lowest BCUT2D eigenvalue weighted by molar-refractivity contribution is -0.127. The van der Waals surface area contributed by atoms with Crippen LogP contribution in [0.2, 0.25) is 0 Å². The fourth-order valence-electron chi connectivity index (χ4n) is 1.80. The molecule has 0 aliphatic rings. The Balaban J connectivity index is 2.80. The van der Waals surface area contributed by atoms with E-state index >= 15 is 0 Å². The molecule has 0 N–H and O–H groups in total. The maximum absolute atomic E-state index is 12.1. The Morgan fingerprint density at radius 1 is 1.35 bits per heavy atom. The summed E-state index contributed by atoms with van der Waals surface area (Å²) in [6, 6.07) is 10.2. The lowest BCUT2D eigenvalue weighted by atomic mass is 10.1. The van der Waals surface area contributed by atoms with Gasteiger partial charge in [0.05, 0.1) is 6.04 Å². The van der Waals surface area contributed by atoms with Crippen LogP contribution in [0.5, 0.6) is 0 Å². The molecule has 17 heavy (non-hydrogen) atoms. The number of allylic oxidation sites excluding steroid dienone is 1. The summed E-state index contributed by atoms with van der Waals surface area (Å²) in [6.45, 7) is 5.96. The van der Waals surface area contributed by atoms with Gasteiger partial charge in [-0.05, 0) is 25.8 Å². The first-order chi connectivity index (χ1) is 8.07. The zero-order chi connectivity index (χ0) is 12.8. The second-order valence-corrected chi connectivity index (χ2v) is 4.30. The average molecular weight is 231 g/mol. The standard InChI is InChI=1S/C15H21NO/c1-5-9-12(2)15(17)16(4)13(3)14-10-7-6-8-11-14/h6-11,13H,5H2,1-4H3. The van der Waals surface area contributed by atoms with E-state index in [1.807, 2.05) is 64.2 Å². The van der Waals surface area contributed by atoms with E-state index in [0.29, 0.717) is 0 Å². The van der Waals surface area contributed by atoms with E-state index < -0.39 is 0 Å². The number of hydrogen-bond donors (Lipinski definition) is 0. The Morgan fingerprint density at radius 3 is 2.47 bits per heavy atom. The first-order valence-electron chi connectivity index (χ1n) is 6.06. The van der Waals surface area contributed by atoms with Crippen molar-refractivity contribution >= 4 is 5.91 Å². The maximum Gasteiger partial charge on any atom is 0.249 e. The Hall–Kier alpha value is -1.57. The molecule has 0 aliphatic carbocycles. The number of rotatable bonds is 4. The number of likely N-dealkylation sites (N-methyl/N-ethyl adjacent to an activating group) is 1. The highest BCUT2D eigenvalue weighted by atomic mass is 16.2. The summed E-state index contributed by atoms with van der Waals surface area (Å²) < 4.78 is 0. The molecule has 0 saturated carbocycles. The van der Waals surface area contributed by atoms with E-state index in [4.69, 9.17) is 0 Å². The van der Waals surface area contributed by atoms with E-state index in [9.17, 15) is 4.79 Å². The predicted octanol–water partition coefficient (Wildman–Crippen LogP) is 3.56. The molecule has 0 spiro atoms. The normalized spacial score (nSPS) is 13.3. The van der Waals surface area contributed by atoms with Gasteiger partial charge in [0.25, 0.3) is 0 Å². The molecule has 0 fully saturated rings. The van der Waals surface area contributed by atoms with Crippen molar-refractivity contribution in [3.63, 3.8) is 0 Å².